The molecule has 0 spiro atoms. The number of fused-ring (bicyclic) bond motifs is 5. The predicted molar refractivity (Wildman–Crippen MR) is 284 cm³/mol. The third-order valence-electron chi connectivity index (χ3n) is 14.2. The van der Waals surface area contributed by atoms with Gasteiger partial charge in [-0.1, -0.05) is 42.3 Å². The second-order valence-electron chi connectivity index (χ2n) is 20.0. The molecule has 432 valence electrons. The molecule has 3 aliphatic heterocycles. The number of ether oxygens (including phenoxy) is 7. The Kier molecular flexibility index (Phi) is 23.1. The molecule has 2 saturated heterocycles. The first-order valence-corrected chi connectivity index (χ1v) is 26.1. The van der Waals surface area contributed by atoms with E-state index in [0.717, 1.165) is 22.3 Å². The number of aryl methyl sites for hydroxylation is 1. The summed E-state index contributed by atoms with van der Waals surface area (Å²) in [7, 11) is 9.50. The monoisotopic (exact) mass is 1120 g/mol. The lowest BCUT2D eigenvalue weighted by Gasteiger charge is -2.42. The fourth-order valence-corrected chi connectivity index (χ4v) is 9.53. The summed E-state index contributed by atoms with van der Waals surface area (Å²) in [5, 5.41) is 21.6. The van der Waals surface area contributed by atoms with Crippen LogP contribution in [0.2, 0.25) is 5.02 Å². The van der Waals surface area contributed by atoms with Crippen molar-refractivity contribution in [1.29, 1.82) is 0 Å². The number of furan rings is 1. The van der Waals surface area contributed by atoms with Crippen LogP contribution >= 0.6 is 11.6 Å². The van der Waals surface area contributed by atoms with Gasteiger partial charge in [-0.25, -0.2) is 14.6 Å². The molecule has 7 N–H and O–H groups in total. The van der Waals surface area contributed by atoms with Crippen molar-refractivity contribution in [3.63, 3.8) is 0 Å². The number of carbonyl (C=O) groups is 7. The molecule has 1 aromatic carbocycles. The Labute approximate surface area is 459 Å². The highest BCUT2D eigenvalue weighted by Crippen LogP contribution is 2.49. The number of hydrogen-bond donors (Lipinski definition) is 6. The molecule has 0 saturated carbocycles. The fourth-order valence-electron chi connectivity index (χ4n) is 9.21. The topological polar surface area (TPSA) is 305 Å². The molecule has 78 heavy (non-hydrogen) atoms. The van der Waals surface area contributed by atoms with Gasteiger partial charge in [0.2, 0.25) is 29.5 Å². The van der Waals surface area contributed by atoms with E-state index in [2.05, 4.69) is 21.4 Å². The van der Waals surface area contributed by atoms with Crippen molar-refractivity contribution >= 4 is 58.9 Å². The predicted octanol–water partition coefficient (Wildman–Crippen LogP) is 2.21. The summed E-state index contributed by atoms with van der Waals surface area (Å²) >= 11 is 6.81. The lowest BCUT2D eigenvalue weighted by Crippen LogP contribution is -2.63. The van der Waals surface area contributed by atoms with Crippen molar-refractivity contribution in [2.75, 3.05) is 80.3 Å². The van der Waals surface area contributed by atoms with Crippen molar-refractivity contribution in [2.24, 2.45) is 11.7 Å². The molecule has 6 amide bonds. The highest BCUT2D eigenvalue weighted by Gasteiger charge is 2.64. The maximum Gasteiger partial charge on any atom is 0.409 e. The third kappa shape index (κ3) is 16.9. The van der Waals surface area contributed by atoms with Gasteiger partial charge in [-0.2, -0.15) is 0 Å². The number of nitrogens with two attached hydrogens (primary N) is 1. The minimum Gasteiger partial charge on any atom is -0.495 e. The number of methoxy groups -OCH3 is 2. The van der Waals surface area contributed by atoms with Crippen LogP contribution in [0.5, 0.6) is 5.75 Å². The highest BCUT2D eigenvalue weighted by molar-refractivity contribution is 6.35. The van der Waals surface area contributed by atoms with Crippen LogP contribution < -0.4 is 36.7 Å². The number of primary amides is 1. The van der Waals surface area contributed by atoms with Crippen molar-refractivity contribution in [3.05, 3.63) is 70.2 Å². The first kappa shape index (κ1) is 62.7. The molecule has 4 bridgehead atoms. The van der Waals surface area contributed by atoms with E-state index < -0.39 is 102 Å². The van der Waals surface area contributed by atoms with E-state index in [-0.39, 0.29) is 63.7 Å². The SMILES string of the molecule is CNN(C)Cc1cocc1CCC(=O)N[C@@H](CC(N)=O)C(=O)NCCOCCOCCC(=O)N(C)[C@@H](C)C(=O)O[C@H]1CC(=O)N(C)c2cc(cc(OC)c2Cl)C/C(C)=C/C=C/[C@@H](OC)[C@@]2(O)C[C@H](OC(=O)N2)[C@@H](C)C2O[C@]21C. The number of rotatable bonds is 24. The summed E-state index contributed by atoms with van der Waals surface area (Å²) < 4.78 is 45.8. The van der Waals surface area contributed by atoms with Gasteiger partial charge in [0.25, 0.3) is 0 Å². The number of amides is 6. The average molecular weight is 1120 g/mol. The van der Waals surface area contributed by atoms with E-state index >= 15 is 0 Å². The Morgan fingerprint density at radius 3 is 2.44 bits per heavy atom. The molecule has 2 aromatic rings. The Morgan fingerprint density at radius 1 is 1.05 bits per heavy atom. The van der Waals surface area contributed by atoms with Crippen molar-refractivity contribution < 1.29 is 76.2 Å². The Balaban J connectivity index is 1.14. The van der Waals surface area contributed by atoms with Crippen LogP contribution in [-0.2, 0) is 76.6 Å². The standard InChI is InChI=1S/C53H77ClN8O16/c1-31-12-11-13-41(72-10)53(70)27-40(76-51(69)59-53)32(2)48-52(4,78-48)42(26-46(66)62(8)38-23-34(22-31)24-39(71-9)47(38)54)77-50(68)33(3)61(7)45(65)16-18-73-20-21-74-19-17-57-49(67)37(25-43(55)63)58-44(64)15-14-35-29-75-30-36(35)28-60(6)56-5/h11-13,23-24,29-30,32-33,37,40-42,48,56,70H,14-22,25-28H2,1-10H3,(H2,55,63)(H,57,67)(H,58,64)(H,59,69)/b13-11+,31-12+/t32-,33+,37+,40+,41-,42+,48?,52+,53+/m1/s1. The third-order valence-corrected chi connectivity index (χ3v) is 14.6. The molecule has 5 rings (SSSR count). The minimum atomic E-state index is -1.88. The number of aliphatic hydroxyl groups is 1. The number of halogens is 1. The summed E-state index contributed by atoms with van der Waals surface area (Å²) in [6.45, 7) is 7.67. The largest absolute Gasteiger partial charge is 0.495 e. The fraction of sp³-hybridized carbons (Fsp3) is 0.604. The van der Waals surface area contributed by atoms with E-state index in [4.69, 9.17) is 54.9 Å². The van der Waals surface area contributed by atoms with Crippen LogP contribution in [0.4, 0.5) is 10.5 Å². The van der Waals surface area contributed by atoms with Crippen molar-refractivity contribution in [1.82, 2.24) is 31.3 Å². The van der Waals surface area contributed by atoms with Crippen LogP contribution in [0, 0.1) is 5.92 Å². The van der Waals surface area contributed by atoms with Crippen LogP contribution in [0.15, 0.2) is 52.9 Å². The summed E-state index contributed by atoms with van der Waals surface area (Å²) in [4.78, 5) is 94.7. The molecule has 2 fully saturated rings. The van der Waals surface area contributed by atoms with E-state index in [1.807, 2.05) is 25.1 Å². The van der Waals surface area contributed by atoms with Gasteiger partial charge in [0, 0.05) is 65.7 Å². The van der Waals surface area contributed by atoms with Gasteiger partial charge in [0.1, 0.15) is 46.8 Å². The lowest BCUT2D eigenvalue weighted by atomic mass is 9.83. The molecule has 3 aliphatic rings. The van der Waals surface area contributed by atoms with E-state index in [1.165, 1.54) is 38.0 Å². The summed E-state index contributed by atoms with van der Waals surface area (Å²) in [6.07, 6.45) is 3.42. The van der Waals surface area contributed by atoms with Gasteiger partial charge in [0.05, 0.1) is 77.1 Å². The number of epoxide rings is 1. The number of nitrogens with one attached hydrogen (secondary N) is 4. The summed E-state index contributed by atoms with van der Waals surface area (Å²) in [6, 6.07) is 1.21. The quantitative estimate of drug-likeness (QED) is 0.0380. The normalized spacial score (nSPS) is 25.3. The van der Waals surface area contributed by atoms with Crippen LogP contribution in [-0.4, -0.2) is 180 Å². The Morgan fingerprint density at radius 2 is 1.76 bits per heavy atom. The van der Waals surface area contributed by atoms with E-state index in [9.17, 15) is 38.7 Å². The van der Waals surface area contributed by atoms with Gasteiger partial charge in [0.15, 0.2) is 5.72 Å². The van der Waals surface area contributed by atoms with Crippen molar-refractivity contribution in [2.45, 2.75) is 127 Å². The van der Waals surface area contributed by atoms with Crippen LogP contribution in [0.25, 0.3) is 0 Å². The lowest BCUT2D eigenvalue weighted by molar-refractivity contribution is -0.162. The average Bonchev–Trinajstić information content (AvgIpc) is 4.11. The number of anilines is 1. The van der Waals surface area contributed by atoms with Gasteiger partial charge in [-0.3, -0.25) is 34.7 Å². The maximum absolute atomic E-state index is 14.3. The van der Waals surface area contributed by atoms with Gasteiger partial charge < -0.3 is 68.8 Å². The zero-order chi connectivity index (χ0) is 57.5. The highest BCUT2D eigenvalue weighted by atomic mass is 35.5. The number of nitrogens with zero attached hydrogens (tertiary/aromatic N) is 3. The molecule has 0 aliphatic carbocycles. The first-order valence-electron chi connectivity index (χ1n) is 25.7. The maximum atomic E-state index is 14.3. The molecule has 24 nitrogen and oxygen atoms in total. The van der Waals surface area contributed by atoms with Crippen molar-refractivity contribution in [3.8, 4) is 5.75 Å². The molecule has 25 heteroatoms. The number of hydrogen-bond acceptors (Lipinski definition) is 18. The number of carbonyl (C=O) groups excluding carboxylic acids is 7. The minimum absolute atomic E-state index is 0.0222. The molecular formula is C53H77ClN8O16. The molecule has 1 aromatic heterocycles. The zero-order valence-electron chi connectivity index (χ0n) is 46.1. The van der Waals surface area contributed by atoms with Gasteiger partial charge >= 0.3 is 12.1 Å². The second-order valence-corrected chi connectivity index (χ2v) is 20.3. The molecule has 0 radical (unpaired) electrons. The number of allylic oxidation sites excluding steroid dienone is 3. The summed E-state index contributed by atoms with van der Waals surface area (Å²) in [5.41, 5.74) is 8.90. The van der Waals surface area contributed by atoms with E-state index in [1.54, 1.807) is 64.8 Å². The van der Waals surface area contributed by atoms with Gasteiger partial charge in [-0.15, -0.1) is 0 Å². The Bertz CT molecular complexity index is 2510. The summed E-state index contributed by atoms with van der Waals surface area (Å²) in [5.74, 6) is -3.86. The number of alkyl carbamates (subject to hydrolysis) is 1. The number of hydrazine groups is 1. The first-order chi connectivity index (χ1) is 36.9. The molecule has 4 heterocycles. The number of benzene rings is 1. The van der Waals surface area contributed by atoms with E-state index in [0.29, 0.717) is 30.8 Å². The number of esters is 1. The number of likely N-dealkylation sites (N-methyl/N-ethyl adjacent to an activating group) is 1. The molecular weight excluding hydrogens is 1040 g/mol. The zero-order valence-corrected chi connectivity index (χ0v) is 46.9. The molecule has 9 atom stereocenters. The van der Waals surface area contributed by atoms with Crippen LogP contribution in [0.1, 0.15) is 76.5 Å². The Hall–Kier alpha value is -6.12. The second kappa shape index (κ2) is 28.7. The molecule has 1 unspecified atom stereocenters. The van der Waals surface area contributed by atoms with Crippen LogP contribution in [0.3, 0.4) is 0 Å². The van der Waals surface area contributed by atoms with Gasteiger partial charge in [-0.05, 0) is 63.9 Å². The smallest absolute Gasteiger partial charge is 0.409 e.